The molecule has 0 aliphatic rings. The molecule has 4 rings (SSSR count). The van der Waals surface area contributed by atoms with Crippen LogP contribution in [0.4, 0.5) is 11.6 Å². The van der Waals surface area contributed by atoms with Crippen LogP contribution >= 0.6 is 0 Å². The fraction of sp³-hybridized carbons (Fsp3) is 0.292. The lowest BCUT2D eigenvalue weighted by Gasteiger charge is -2.17. The molecule has 0 radical (unpaired) electrons. The van der Waals surface area contributed by atoms with E-state index in [0.29, 0.717) is 18.4 Å². The number of methoxy groups -OCH3 is 1. The minimum atomic E-state index is 0.506. The normalized spacial score (nSPS) is 11.1. The van der Waals surface area contributed by atoms with E-state index in [9.17, 15) is 0 Å². The van der Waals surface area contributed by atoms with E-state index in [0.717, 1.165) is 48.0 Å². The van der Waals surface area contributed by atoms with Crippen molar-refractivity contribution in [1.82, 2.24) is 24.5 Å². The lowest BCUT2D eigenvalue weighted by Crippen LogP contribution is -2.28. The molecule has 32 heavy (non-hydrogen) atoms. The van der Waals surface area contributed by atoms with Crippen molar-refractivity contribution in [2.75, 3.05) is 38.7 Å². The average molecular weight is 433 g/mol. The number of fused-ring (bicyclic) bond motifs is 1. The smallest absolute Gasteiger partial charge is 0.247 e. The lowest BCUT2D eigenvalue weighted by atomic mass is 10.1. The van der Waals surface area contributed by atoms with Crippen molar-refractivity contribution < 1.29 is 9.47 Å². The Morgan fingerprint density at radius 3 is 2.59 bits per heavy atom. The van der Waals surface area contributed by atoms with Gasteiger partial charge in [0, 0.05) is 30.1 Å². The van der Waals surface area contributed by atoms with Crippen LogP contribution in [0.5, 0.6) is 11.6 Å². The maximum absolute atomic E-state index is 5.82. The highest BCUT2D eigenvalue weighted by atomic mass is 16.5. The maximum atomic E-state index is 5.82. The van der Waals surface area contributed by atoms with Crippen LogP contribution in [0, 0.1) is 0 Å². The molecular formula is C24H28N6O2. The van der Waals surface area contributed by atoms with E-state index in [1.165, 1.54) is 0 Å². The fourth-order valence-corrected chi connectivity index (χ4v) is 3.45. The molecule has 0 saturated heterocycles. The van der Waals surface area contributed by atoms with Crippen LogP contribution < -0.4 is 14.8 Å². The monoisotopic (exact) mass is 432 g/mol. The molecule has 4 aromatic rings. The molecule has 8 nitrogen and oxygen atoms in total. The van der Waals surface area contributed by atoms with Gasteiger partial charge in [-0.1, -0.05) is 19.9 Å². The third kappa shape index (κ3) is 4.97. The van der Waals surface area contributed by atoms with Crippen molar-refractivity contribution in [2.45, 2.75) is 13.8 Å². The zero-order chi connectivity index (χ0) is 22.3. The second-order valence-electron chi connectivity index (χ2n) is 7.23. The standard InChI is InChI=1S/C24H28N6O2/c1-4-29(5-2)15-16-32-23-17-19(13-14-25-23)26-24-27-22-8-6-7-21(30(22)28-24)18-9-11-20(31-3)12-10-18/h6-14,17H,4-5,15-16H2,1-3H3,(H,25,26,28). The molecule has 3 heterocycles. The average Bonchev–Trinajstić information content (AvgIpc) is 3.24. The second kappa shape index (κ2) is 10.1. The summed E-state index contributed by atoms with van der Waals surface area (Å²) in [5.74, 6) is 1.89. The Balaban J connectivity index is 1.50. The molecular weight excluding hydrogens is 404 g/mol. The minimum absolute atomic E-state index is 0.506. The van der Waals surface area contributed by atoms with Gasteiger partial charge in [-0.2, -0.15) is 4.98 Å². The summed E-state index contributed by atoms with van der Waals surface area (Å²) in [4.78, 5) is 11.2. The SMILES string of the molecule is CCN(CC)CCOc1cc(Nc2nc3cccc(-c4ccc(OC)cc4)n3n2)ccn1. The Bertz CT molecular complexity index is 1150. The number of rotatable bonds is 10. The number of likely N-dealkylation sites (N-methyl/N-ethyl adjacent to an activating group) is 1. The van der Waals surface area contributed by atoms with Gasteiger partial charge in [0.05, 0.1) is 12.8 Å². The highest BCUT2D eigenvalue weighted by Gasteiger charge is 2.10. The number of pyridine rings is 2. The van der Waals surface area contributed by atoms with Gasteiger partial charge in [-0.3, -0.25) is 0 Å². The highest BCUT2D eigenvalue weighted by Crippen LogP contribution is 2.24. The predicted molar refractivity (Wildman–Crippen MR) is 126 cm³/mol. The van der Waals surface area contributed by atoms with Crippen LogP contribution in [0.1, 0.15) is 13.8 Å². The van der Waals surface area contributed by atoms with E-state index in [2.05, 4.69) is 39.1 Å². The molecule has 0 spiro atoms. The lowest BCUT2D eigenvalue weighted by molar-refractivity contribution is 0.218. The number of hydrogen-bond acceptors (Lipinski definition) is 7. The number of anilines is 2. The highest BCUT2D eigenvalue weighted by molar-refractivity contribution is 5.65. The Hall–Kier alpha value is -3.65. The molecule has 1 N–H and O–H groups in total. The Labute approximate surface area is 187 Å². The number of hydrogen-bond donors (Lipinski definition) is 1. The van der Waals surface area contributed by atoms with Crippen LogP contribution in [-0.4, -0.2) is 57.8 Å². The van der Waals surface area contributed by atoms with Gasteiger partial charge < -0.3 is 19.7 Å². The summed E-state index contributed by atoms with van der Waals surface area (Å²) < 4.78 is 12.9. The maximum Gasteiger partial charge on any atom is 0.247 e. The van der Waals surface area contributed by atoms with Crippen LogP contribution in [0.3, 0.4) is 0 Å². The summed E-state index contributed by atoms with van der Waals surface area (Å²) in [6.45, 7) is 7.77. The van der Waals surface area contributed by atoms with Crippen LogP contribution in [-0.2, 0) is 0 Å². The van der Waals surface area contributed by atoms with E-state index in [1.807, 2.05) is 59.1 Å². The van der Waals surface area contributed by atoms with Crippen molar-refractivity contribution >= 4 is 17.3 Å². The summed E-state index contributed by atoms with van der Waals surface area (Å²) in [5, 5.41) is 7.92. The molecule has 0 saturated carbocycles. The van der Waals surface area contributed by atoms with Crippen molar-refractivity contribution in [3.8, 4) is 22.9 Å². The number of benzene rings is 1. The van der Waals surface area contributed by atoms with Crippen LogP contribution in [0.2, 0.25) is 0 Å². The fourth-order valence-electron chi connectivity index (χ4n) is 3.45. The van der Waals surface area contributed by atoms with Gasteiger partial charge in [0.1, 0.15) is 12.4 Å². The summed E-state index contributed by atoms with van der Waals surface area (Å²) in [7, 11) is 1.66. The molecule has 0 unspecified atom stereocenters. The molecule has 0 bridgehead atoms. The number of aromatic nitrogens is 4. The largest absolute Gasteiger partial charge is 0.497 e. The van der Waals surface area contributed by atoms with Crippen LogP contribution in [0.15, 0.2) is 60.8 Å². The molecule has 0 atom stereocenters. The van der Waals surface area contributed by atoms with Gasteiger partial charge in [-0.05, 0) is 55.6 Å². The number of nitrogens with zero attached hydrogens (tertiary/aromatic N) is 5. The van der Waals surface area contributed by atoms with Crippen LogP contribution in [0.25, 0.3) is 16.9 Å². The van der Waals surface area contributed by atoms with Gasteiger partial charge in [0.15, 0.2) is 5.65 Å². The van der Waals surface area contributed by atoms with E-state index >= 15 is 0 Å². The molecule has 3 aromatic heterocycles. The third-order valence-corrected chi connectivity index (χ3v) is 5.29. The minimum Gasteiger partial charge on any atom is -0.497 e. The molecule has 166 valence electrons. The predicted octanol–water partition coefficient (Wildman–Crippen LogP) is 4.26. The quantitative estimate of drug-likeness (QED) is 0.401. The molecule has 0 aliphatic heterocycles. The first-order valence-electron chi connectivity index (χ1n) is 10.8. The zero-order valence-corrected chi connectivity index (χ0v) is 18.7. The summed E-state index contributed by atoms with van der Waals surface area (Å²) in [6.07, 6.45) is 1.72. The molecule has 0 fully saturated rings. The Morgan fingerprint density at radius 2 is 1.84 bits per heavy atom. The van der Waals surface area contributed by atoms with E-state index < -0.39 is 0 Å². The third-order valence-electron chi connectivity index (χ3n) is 5.29. The first-order chi connectivity index (χ1) is 15.7. The number of ether oxygens (including phenoxy) is 2. The summed E-state index contributed by atoms with van der Waals surface area (Å²) >= 11 is 0. The Kier molecular flexibility index (Phi) is 6.81. The first-order valence-corrected chi connectivity index (χ1v) is 10.8. The van der Waals surface area contributed by atoms with Gasteiger partial charge in [0.25, 0.3) is 0 Å². The Morgan fingerprint density at radius 1 is 1.03 bits per heavy atom. The van der Waals surface area contributed by atoms with Crippen molar-refractivity contribution in [3.63, 3.8) is 0 Å². The molecule has 1 aromatic carbocycles. The van der Waals surface area contributed by atoms with Gasteiger partial charge in [-0.25, -0.2) is 9.50 Å². The van der Waals surface area contributed by atoms with Crippen molar-refractivity contribution in [1.29, 1.82) is 0 Å². The van der Waals surface area contributed by atoms with E-state index in [4.69, 9.17) is 9.47 Å². The first kappa shape index (κ1) is 21.6. The number of nitrogens with one attached hydrogen (secondary N) is 1. The summed E-state index contributed by atoms with van der Waals surface area (Å²) in [6, 6.07) is 17.5. The zero-order valence-electron chi connectivity index (χ0n) is 18.7. The molecule has 0 aliphatic carbocycles. The van der Waals surface area contributed by atoms with Crippen molar-refractivity contribution in [3.05, 3.63) is 60.8 Å². The van der Waals surface area contributed by atoms with Gasteiger partial charge >= 0.3 is 0 Å². The molecule has 0 amide bonds. The van der Waals surface area contributed by atoms with E-state index in [-0.39, 0.29) is 0 Å². The molecule has 8 heteroatoms. The van der Waals surface area contributed by atoms with E-state index in [1.54, 1.807) is 13.3 Å². The van der Waals surface area contributed by atoms with Crippen molar-refractivity contribution in [2.24, 2.45) is 0 Å². The van der Waals surface area contributed by atoms with Gasteiger partial charge in [-0.15, -0.1) is 5.10 Å². The second-order valence-corrected chi connectivity index (χ2v) is 7.23. The topological polar surface area (TPSA) is 76.8 Å². The van der Waals surface area contributed by atoms with Gasteiger partial charge in [0.2, 0.25) is 11.8 Å². The summed E-state index contributed by atoms with van der Waals surface area (Å²) in [5.41, 5.74) is 3.55.